The van der Waals surface area contributed by atoms with Crippen LogP contribution in [0.3, 0.4) is 0 Å². The molecule has 4 rings (SSSR count). The summed E-state index contributed by atoms with van der Waals surface area (Å²) < 4.78 is 44.8. The van der Waals surface area contributed by atoms with E-state index in [1.54, 1.807) is 42.5 Å². The van der Waals surface area contributed by atoms with E-state index in [1.165, 1.54) is 24.1 Å². The van der Waals surface area contributed by atoms with Gasteiger partial charge in [-0.2, -0.15) is 13.2 Å². The Morgan fingerprint density at radius 2 is 1.95 bits per heavy atom. The summed E-state index contributed by atoms with van der Waals surface area (Å²) >= 11 is 0. The molecule has 3 aromatic rings. The predicted octanol–water partition coefficient (Wildman–Crippen LogP) is 4.55. The number of ether oxygens (including phenoxy) is 1. The van der Waals surface area contributed by atoms with Crippen LogP contribution in [0, 0.1) is 5.92 Å². The molecule has 2 N–H and O–H groups in total. The molecule has 12 heteroatoms. The maximum Gasteiger partial charge on any atom is 0.416 e. The summed E-state index contributed by atoms with van der Waals surface area (Å²) in [5, 5.41) is 12.4. The van der Waals surface area contributed by atoms with Gasteiger partial charge in [0.05, 0.1) is 24.8 Å². The minimum absolute atomic E-state index is 0.0919. The van der Waals surface area contributed by atoms with E-state index in [0.717, 1.165) is 17.7 Å². The van der Waals surface area contributed by atoms with Crippen molar-refractivity contribution in [2.24, 2.45) is 5.92 Å². The normalized spacial score (nSPS) is 18.2. The number of aliphatic hydroxyl groups excluding tert-OH is 1. The molecule has 1 aliphatic heterocycles. The van der Waals surface area contributed by atoms with E-state index in [0.29, 0.717) is 5.56 Å². The summed E-state index contributed by atoms with van der Waals surface area (Å²) in [6.07, 6.45) is -0.203. The number of halogens is 3. The van der Waals surface area contributed by atoms with Gasteiger partial charge >= 0.3 is 12.2 Å². The first-order valence-electron chi connectivity index (χ1n) is 12.7. The first-order chi connectivity index (χ1) is 19.0. The number of hydrogen-bond donors (Lipinski definition) is 2. The van der Waals surface area contributed by atoms with Gasteiger partial charge in [-0.3, -0.25) is 9.78 Å². The number of fused-ring (bicyclic) bond motifs is 1. The molecule has 40 heavy (non-hydrogen) atoms. The van der Waals surface area contributed by atoms with Gasteiger partial charge in [-0.25, -0.2) is 9.78 Å². The van der Waals surface area contributed by atoms with E-state index in [1.807, 2.05) is 13.0 Å². The van der Waals surface area contributed by atoms with Gasteiger partial charge in [-0.05, 0) is 43.3 Å². The number of aliphatic hydroxyl groups is 1. The number of pyridine rings is 2. The zero-order chi connectivity index (χ0) is 29.0. The summed E-state index contributed by atoms with van der Waals surface area (Å²) in [5.74, 6) is -0.512. The van der Waals surface area contributed by atoms with E-state index < -0.39 is 29.9 Å². The number of rotatable bonds is 6. The van der Waals surface area contributed by atoms with Crippen LogP contribution in [0.1, 0.15) is 29.8 Å². The van der Waals surface area contributed by atoms with Crippen LogP contribution >= 0.6 is 0 Å². The van der Waals surface area contributed by atoms with Crippen molar-refractivity contribution in [3.63, 3.8) is 0 Å². The van der Waals surface area contributed by atoms with Gasteiger partial charge in [0.25, 0.3) is 5.91 Å². The number of benzene rings is 1. The Bertz CT molecular complexity index is 1340. The van der Waals surface area contributed by atoms with Crippen molar-refractivity contribution in [1.29, 1.82) is 0 Å². The summed E-state index contributed by atoms with van der Waals surface area (Å²) in [7, 11) is 1.54. The van der Waals surface area contributed by atoms with Crippen molar-refractivity contribution in [2.45, 2.75) is 32.2 Å². The van der Waals surface area contributed by atoms with Crippen LogP contribution in [-0.2, 0) is 6.18 Å². The Morgan fingerprint density at radius 1 is 1.23 bits per heavy atom. The average Bonchev–Trinajstić information content (AvgIpc) is 2.94. The summed E-state index contributed by atoms with van der Waals surface area (Å²) in [4.78, 5) is 37.9. The average molecular weight is 558 g/mol. The number of carbonyl (C=O) groups is 2. The minimum atomic E-state index is -4.48. The molecular weight excluding hydrogens is 527 g/mol. The van der Waals surface area contributed by atoms with Gasteiger partial charge in [0, 0.05) is 54.9 Å². The van der Waals surface area contributed by atoms with Gasteiger partial charge in [-0.15, -0.1) is 0 Å². The van der Waals surface area contributed by atoms with Gasteiger partial charge in [0.15, 0.2) is 0 Å². The van der Waals surface area contributed by atoms with Crippen LogP contribution in [0.4, 0.5) is 23.7 Å². The zero-order valence-electron chi connectivity index (χ0n) is 22.2. The van der Waals surface area contributed by atoms with E-state index in [2.05, 4.69) is 15.3 Å². The van der Waals surface area contributed by atoms with E-state index in [4.69, 9.17) is 4.74 Å². The van der Waals surface area contributed by atoms with Crippen molar-refractivity contribution in [3.8, 4) is 17.0 Å². The van der Waals surface area contributed by atoms with Gasteiger partial charge in [0.2, 0.25) is 5.88 Å². The van der Waals surface area contributed by atoms with Gasteiger partial charge in [0.1, 0.15) is 11.7 Å². The molecule has 0 saturated heterocycles. The van der Waals surface area contributed by atoms with Crippen LogP contribution < -0.4 is 10.1 Å². The fourth-order valence-electron chi connectivity index (χ4n) is 4.33. The largest absolute Gasteiger partial charge is 0.472 e. The maximum atomic E-state index is 13.6. The standard InChI is InChI=1S/C28H30F3N5O4/c1-17-14-36(18(2)16-37)26(38)23-11-20(19-5-4-10-32-12-19)13-33-25(23)40-24(17)15-35(3)27(39)34-22-8-6-21(7-9-22)28(29,30)31/h4-13,17-18,24,37H,14-16H2,1-3H3,(H,34,39)/t17-,18+,24-/m0/s1. The molecule has 0 radical (unpaired) electrons. The molecule has 0 unspecified atom stereocenters. The smallest absolute Gasteiger partial charge is 0.416 e. The second-order valence-electron chi connectivity index (χ2n) is 9.83. The Kier molecular flexibility index (Phi) is 8.58. The van der Waals surface area contributed by atoms with Gasteiger partial charge in [-0.1, -0.05) is 13.0 Å². The molecule has 3 atom stereocenters. The lowest BCUT2D eigenvalue weighted by Gasteiger charge is -2.37. The summed E-state index contributed by atoms with van der Waals surface area (Å²) in [5.41, 5.74) is 1.04. The number of carbonyl (C=O) groups excluding carboxylic acids is 2. The topological polar surface area (TPSA) is 108 Å². The Labute approximate surface area is 229 Å². The monoisotopic (exact) mass is 557 g/mol. The van der Waals surface area contributed by atoms with E-state index in [9.17, 15) is 27.9 Å². The van der Waals surface area contributed by atoms with Crippen molar-refractivity contribution >= 4 is 17.6 Å². The molecule has 0 saturated carbocycles. The second kappa shape index (κ2) is 11.9. The molecule has 1 aliphatic rings. The molecular formula is C28H30F3N5O4. The minimum Gasteiger partial charge on any atom is -0.472 e. The Hall–Kier alpha value is -4.19. The first-order valence-corrected chi connectivity index (χ1v) is 12.7. The fraction of sp³-hybridized carbons (Fsp3) is 0.357. The molecule has 9 nitrogen and oxygen atoms in total. The lowest BCUT2D eigenvalue weighted by Crippen LogP contribution is -2.50. The molecule has 3 amide bonds. The number of nitrogens with one attached hydrogen (secondary N) is 1. The highest BCUT2D eigenvalue weighted by Gasteiger charge is 2.35. The highest BCUT2D eigenvalue weighted by Crippen LogP contribution is 2.31. The van der Waals surface area contributed by atoms with Crippen LogP contribution in [0.25, 0.3) is 11.1 Å². The van der Waals surface area contributed by atoms with E-state index in [-0.39, 0.29) is 48.7 Å². The Balaban J connectivity index is 1.57. The van der Waals surface area contributed by atoms with Crippen molar-refractivity contribution in [2.75, 3.05) is 32.1 Å². The molecule has 0 aliphatic carbocycles. The van der Waals surface area contributed by atoms with Crippen LogP contribution in [0.2, 0.25) is 0 Å². The van der Waals surface area contributed by atoms with E-state index >= 15 is 0 Å². The SMILES string of the molecule is C[C@H](CO)N1C[C@H](C)[C@H](CN(C)C(=O)Nc2ccc(C(F)(F)F)cc2)Oc2ncc(-c3cccnc3)cc2C1=O. The Morgan fingerprint density at radius 3 is 2.58 bits per heavy atom. The number of amides is 3. The number of anilines is 1. The third-order valence-electron chi connectivity index (χ3n) is 6.78. The molecule has 1 aromatic carbocycles. The molecule has 2 aromatic heterocycles. The number of aromatic nitrogens is 2. The van der Waals surface area contributed by atoms with Crippen molar-refractivity contribution in [1.82, 2.24) is 19.8 Å². The third-order valence-corrected chi connectivity index (χ3v) is 6.78. The number of likely N-dealkylation sites (N-methyl/N-ethyl adjacent to an activating group) is 1. The second-order valence-corrected chi connectivity index (χ2v) is 9.83. The first kappa shape index (κ1) is 28.8. The van der Waals surface area contributed by atoms with Crippen LogP contribution in [0.5, 0.6) is 5.88 Å². The number of alkyl halides is 3. The third kappa shape index (κ3) is 6.50. The maximum absolute atomic E-state index is 13.6. The highest BCUT2D eigenvalue weighted by atomic mass is 19.4. The number of hydrogen-bond acceptors (Lipinski definition) is 6. The molecule has 212 valence electrons. The van der Waals surface area contributed by atoms with Gasteiger partial charge < -0.3 is 25.0 Å². The number of nitrogens with zero attached hydrogens (tertiary/aromatic N) is 4. The molecule has 0 fully saturated rings. The van der Waals surface area contributed by atoms with Crippen molar-refractivity contribution in [3.05, 3.63) is 72.2 Å². The summed E-state index contributed by atoms with van der Waals surface area (Å²) in [6, 6.07) is 8.41. The fourth-order valence-corrected chi connectivity index (χ4v) is 4.33. The lowest BCUT2D eigenvalue weighted by molar-refractivity contribution is -0.137. The molecule has 3 heterocycles. The molecule has 0 bridgehead atoms. The predicted molar refractivity (Wildman–Crippen MR) is 142 cm³/mol. The van der Waals surface area contributed by atoms with Crippen LogP contribution in [0.15, 0.2) is 61.1 Å². The molecule has 0 spiro atoms. The quantitative estimate of drug-likeness (QED) is 0.461. The van der Waals surface area contributed by atoms with Crippen LogP contribution in [-0.4, -0.2) is 75.7 Å². The number of urea groups is 1. The lowest BCUT2D eigenvalue weighted by atomic mass is 9.99. The zero-order valence-corrected chi connectivity index (χ0v) is 22.2. The van der Waals surface area contributed by atoms with Crippen molar-refractivity contribution < 1.29 is 32.6 Å². The summed E-state index contributed by atoms with van der Waals surface area (Å²) in [6.45, 7) is 3.70. The highest BCUT2D eigenvalue weighted by molar-refractivity contribution is 5.98.